The van der Waals surface area contributed by atoms with Gasteiger partial charge in [-0.1, -0.05) is 25.1 Å². The number of hydrogen-bond donors (Lipinski definition) is 2. The van der Waals surface area contributed by atoms with E-state index in [4.69, 9.17) is 5.14 Å². The molecule has 10 heteroatoms. The van der Waals surface area contributed by atoms with Crippen molar-refractivity contribution in [2.45, 2.75) is 16.7 Å². The van der Waals surface area contributed by atoms with Gasteiger partial charge in [0.05, 0.1) is 21.2 Å². The van der Waals surface area contributed by atoms with Crippen molar-refractivity contribution in [1.82, 2.24) is 4.90 Å². The summed E-state index contributed by atoms with van der Waals surface area (Å²) < 4.78 is 51.3. The summed E-state index contributed by atoms with van der Waals surface area (Å²) in [6, 6.07) is 12.2. The highest BCUT2D eigenvalue weighted by molar-refractivity contribution is 7.93. The number of rotatable bonds is 6. The predicted molar refractivity (Wildman–Crippen MR) is 109 cm³/mol. The number of primary sulfonamides is 1. The number of likely N-dealkylation sites (N-methyl/N-ethyl adjacent to an activating group) is 1. The molecule has 2 aromatic carbocycles. The average Bonchev–Trinajstić information content (AvgIpc) is 2.68. The molecule has 0 bridgehead atoms. The highest BCUT2D eigenvalue weighted by atomic mass is 32.2. The Kier molecular flexibility index (Phi) is 5.94. The van der Waals surface area contributed by atoms with Crippen molar-refractivity contribution in [2.24, 2.45) is 5.14 Å². The third-order valence-corrected chi connectivity index (χ3v) is 7.03. The molecule has 2 aromatic rings. The third-order valence-electron chi connectivity index (χ3n) is 4.75. The van der Waals surface area contributed by atoms with Gasteiger partial charge in [0.25, 0.3) is 10.0 Å². The van der Waals surface area contributed by atoms with Gasteiger partial charge in [0.2, 0.25) is 10.0 Å². The molecular formula is C18H24N4O4S2. The minimum atomic E-state index is -4.00. The molecule has 0 aliphatic carbocycles. The molecule has 1 aliphatic rings. The number of nitrogens with zero attached hydrogens (tertiary/aromatic N) is 2. The van der Waals surface area contributed by atoms with Gasteiger partial charge in [0.15, 0.2) is 0 Å². The van der Waals surface area contributed by atoms with Gasteiger partial charge >= 0.3 is 0 Å². The zero-order chi connectivity index (χ0) is 20.4. The number of nitrogens with two attached hydrogens (primary N) is 1. The van der Waals surface area contributed by atoms with Crippen LogP contribution >= 0.6 is 0 Å². The summed E-state index contributed by atoms with van der Waals surface area (Å²) in [5.74, 6) is 0. The van der Waals surface area contributed by atoms with Crippen LogP contribution in [-0.2, 0) is 20.0 Å². The second kappa shape index (κ2) is 8.08. The standard InChI is InChI=1S/C18H24N4O4S2/c1-2-21-10-12-22(13-11-21)18-9-4-3-8-17(18)20-28(25,26)16-7-5-6-15(14-16)27(19,23)24/h3-9,14,20H,2,10-13H2,1H3,(H2,19,23,24). The van der Waals surface area contributed by atoms with Crippen LogP contribution in [0.3, 0.4) is 0 Å². The molecule has 0 unspecified atom stereocenters. The van der Waals surface area contributed by atoms with Crippen LogP contribution < -0.4 is 14.8 Å². The van der Waals surface area contributed by atoms with Crippen molar-refractivity contribution in [3.63, 3.8) is 0 Å². The maximum Gasteiger partial charge on any atom is 0.262 e. The van der Waals surface area contributed by atoms with Crippen molar-refractivity contribution >= 4 is 31.4 Å². The molecule has 3 rings (SSSR count). The van der Waals surface area contributed by atoms with Gasteiger partial charge in [-0.15, -0.1) is 0 Å². The van der Waals surface area contributed by atoms with Crippen molar-refractivity contribution in [1.29, 1.82) is 0 Å². The van der Waals surface area contributed by atoms with E-state index in [1.54, 1.807) is 12.1 Å². The van der Waals surface area contributed by atoms with Crippen molar-refractivity contribution < 1.29 is 16.8 Å². The molecule has 1 aliphatic heterocycles. The minimum Gasteiger partial charge on any atom is -0.367 e. The number of anilines is 2. The molecule has 0 aromatic heterocycles. The fourth-order valence-electron chi connectivity index (χ4n) is 3.16. The first kappa shape index (κ1) is 20.6. The van der Waals surface area contributed by atoms with E-state index in [0.717, 1.165) is 44.5 Å². The molecule has 1 saturated heterocycles. The van der Waals surface area contributed by atoms with Gasteiger partial charge in [-0.3, -0.25) is 4.72 Å². The molecule has 0 amide bonds. The second-order valence-electron chi connectivity index (χ2n) is 6.56. The van der Waals surface area contributed by atoms with E-state index >= 15 is 0 Å². The first-order valence-corrected chi connectivity index (χ1v) is 12.0. The van der Waals surface area contributed by atoms with Gasteiger partial charge in [-0.2, -0.15) is 0 Å². The number of piperazine rings is 1. The Labute approximate surface area is 166 Å². The Balaban J connectivity index is 1.88. The lowest BCUT2D eigenvalue weighted by Crippen LogP contribution is -2.46. The van der Waals surface area contributed by atoms with Crippen LogP contribution in [0, 0.1) is 0 Å². The Morgan fingerprint density at radius 2 is 1.57 bits per heavy atom. The van der Waals surface area contributed by atoms with Crippen LogP contribution in [0.1, 0.15) is 6.92 Å². The zero-order valence-corrected chi connectivity index (χ0v) is 17.2. The maximum atomic E-state index is 12.8. The molecule has 0 radical (unpaired) electrons. The monoisotopic (exact) mass is 424 g/mol. The van der Waals surface area contributed by atoms with Crippen molar-refractivity contribution in [3.8, 4) is 0 Å². The molecule has 0 spiro atoms. The summed E-state index contributed by atoms with van der Waals surface area (Å²) in [6.07, 6.45) is 0. The molecule has 0 atom stereocenters. The van der Waals surface area contributed by atoms with Gasteiger partial charge < -0.3 is 9.80 Å². The number of sulfonamides is 2. The van der Waals surface area contributed by atoms with Crippen molar-refractivity contribution in [3.05, 3.63) is 48.5 Å². The fraction of sp³-hybridized carbons (Fsp3) is 0.333. The Morgan fingerprint density at radius 1 is 0.929 bits per heavy atom. The number of benzene rings is 2. The minimum absolute atomic E-state index is 0.162. The fourth-order valence-corrected chi connectivity index (χ4v) is 4.92. The zero-order valence-electron chi connectivity index (χ0n) is 15.6. The first-order chi connectivity index (χ1) is 13.2. The van der Waals surface area contributed by atoms with E-state index in [1.165, 1.54) is 18.2 Å². The molecule has 0 saturated carbocycles. The SMILES string of the molecule is CCN1CCN(c2ccccc2NS(=O)(=O)c2cccc(S(N)(=O)=O)c2)CC1. The topological polar surface area (TPSA) is 113 Å². The predicted octanol–water partition coefficient (Wildman–Crippen LogP) is 1.28. The van der Waals surface area contributed by atoms with Crippen LogP contribution in [0.2, 0.25) is 0 Å². The normalized spacial score (nSPS) is 16.1. The average molecular weight is 425 g/mol. The van der Waals surface area contributed by atoms with E-state index in [-0.39, 0.29) is 9.79 Å². The Morgan fingerprint density at radius 3 is 2.21 bits per heavy atom. The van der Waals surface area contributed by atoms with Crippen LogP contribution in [0.4, 0.5) is 11.4 Å². The van der Waals surface area contributed by atoms with Gasteiger partial charge in [0.1, 0.15) is 0 Å². The highest BCUT2D eigenvalue weighted by Gasteiger charge is 2.22. The molecular weight excluding hydrogens is 400 g/mol. The van der Waals surface area contributed by atoms with Crippen LogP contribution in [0.5, 0.6) is 0 Å². The Hall–Kier alpha value is -2.14. The summed E-state index contributed by atoms with van der Waals surface area (Å²) >= 11 is 0. The largest absolute Gasteiger partial charge is 0.367 e. The second-order valence-corrected chi connectivity index (χ2v) is 9.81. The maximum absolute atomic E-state index is 12.8. The molecule has 8 nitrogen and oxygen atoms in total. The number of nitrogens with one attached hydrogen (secondary N) is 1. The molecule has 28 heavy (non-hydrogen) atoms. The summed E-state index contributed by atoms with van der Waals surface area (Å²) in [5.41, 5.74) is 1.25. The van der Waals surface area contributed by atoms with E-state index in [0.29, 0.717) is 5.69 Å². The van der Waals surface area contributed by atoms with Crippen LogP contribution in [0.15, 0.2) is 58.3 Å². The van der Waals surface area contributed by atoms with E-state index in [2.05, 4.69) is 21.4 Å². The van der Waals surface area contributed by atoms with E-state index < -0.39 is 20.0 Å². The summed E-state index contributed by atoms with van der Waals surface area (Å²) in [5, 5.41) is 5.11. The van der Waals surface area contributed by atoms with E-state index in [1.807, 2.05) is 12.1 Å². The molecule has 1 heterocycles. The lowest BCUT2D eigenvalue weighted by Gasteiger charge is -2.36. The molecule has 152 valence electrons. The van der Waals surface area contributed by atoms with Gasteiger partial charge in [-0.25, -0.2) is 22.0 Å². The lowest BCUT2D eigenvalue weighted by atomic mass is 10.2. The van der Waals surface area contributed by atoms with Crippen LogP contribution in [-0.4, -0.2) is 54.5 Å². The highest BCUT2D eigenvalue weighted by Crippen LogP contribution is 2.29. The number of hydrogen-bond acceptors (Lipinski definition) is 6. The van der Waals surface area contributed by atoms with Crippen molar-refractivity contribution in [2.75, 3.05) is 42.3 Å². The quantitative estimate of drug-likeness (QED) is 0.722. The summed E-state index contributed by atoms with van der Waals surface area (Å²) in [7, 11) is -7.98. The first-order valence-electron chi connectivity index (χ1n) is 8.93. The lowest BCUT2D eigenvalue weighted by molar-refractivity contribution is 0.271. The summed E-state index contributed by atoms with van der Waals surface area (Å²) in [4.78, 5) is 4.07. The third kappa shape index (κ3) is 4.64. The summed E-state index contributed by atoms with van der Waals surface area (Å²) in [6.45, 7) is 6.53. The smallest absolute Gasteiger partial charge is 0.262 e. The number of para-hydroxylation sites is 2. The van der Waals surface area contributed by atoms with E-state index in [9.17, 15) is 16.8 Å². The van der Waals surface area contributed by atoms with Gasteiger partial charge in [0, 0.05) is 26.2 Å². The Bertz CT molecular complexity index is 1050. The van der Waals surface area contributed by atoms with Gasteiger partial charge in [-0.05, 0) is 36.9 Å². The molecule has 3 N–H and O–H groups in total. The van der Waals surface area contributed by atoms with Crippen LogP contribution in [0.25, 0.3) is 0 Å². The molecule has 1 fully saturated rings.